The molecule has 15 aromatic carbocycles. The third kappa shape index (κ3) is 13.5. The minimum atomic E-state index is 0.150. The zero-order valence-corrected chi connectivity index (χ0v) is 59.7. The highest BCUT2D eigenvalue weighted by Crippen LogP contribution is 2.52. The summed E-state index contributed by atoms with van der Waals surface area (Å²) in [7, 11) is 0. The molecule has 0 N–H and O–H groups in total. The van der Waals surface area contributed by atoms with Crippen molar-refractivity contribution in [1.29, 1.82) is 0 Å². The zero-order chi connectivity index (χ0) is 69.0. The van der Waals surface area contributed by atoms with E-state index in [4.69, 9.17) is 0 Å². The minimum Gasteiger partial charge on any atom is -0.0622 e. The number of fused-ring (bicyclic) bond motifs is 12. The normalized spacial score (nSPS) is 13.1. The van der Waals surface area contributed by atoms with Crippen molar-refractivity contribution in [3.63, 3.8) is 0 Å². The Morgan fingerprint density at radius 1 is 0.182 bits per heavy atom. The number of hydrogen-bond donors (Lipinski definition) is 0. The van der Waals surface area contributed by atoms with Crippen LogP contribution in [0.1, 0.15) is 108 Å². The van der Waals surface area contributed by atoms with Crippen LogP contribution in [0.4, 0.5) is 0 Å². The Kier molecular flexibility index (Phi) is 19.0. The molecule has 3 aliphatic rings. The molecule has 0 bridgehead atoms. The Bertz CT molecular complexity index is 5300. The van der Waals surface area contributed by atoms with Gasteiger partial charge in [-0.05, 0) is 197 Å². The molecular weight excluding hydrogens is 1190 g/mol. The van der Waals surface area contributed by atoms with Gasteiger partial charge in [0.1, 0.15) is 0 Å². The number of aryl methyl sites for hydroxylation is 6. The Hall–Kier alpha value is -10.9. The van der Waals surface area contributed by atoms with Crippen molar-refractivity contribution in [2.45, 2.75) is 99.3 Å². The second-order valence-electron chi connectivity index (χ2n) is 28.7. The van der Waals surface area contributed by atoms with Crippen molar-refractivity contribution < 1.29 is 0 Å². The summed E-state index contributed by atoms with van der Waals surface area (Å²) in [5.74, 6) is 0. The SMILES string of the molecule is Cc1ccc(-c2ccccc2)c2ccccc12.Cc1ccc2c(c1)-c1ccccc1C2(C)C.Cc1ccc2c(c1)C(C)(C)c1ccccc1-2.Cc1ccc2cc(-c3ccccc3)ccc2c1.Cc1cccc2c(-c3ccccc3)cccc12.Cc1cccc2c1C(C)(C)c1ccccc1-2. The summed E-state index contributed by atoms with van der Waals surface area (Å²) in [4.78, 5) is 0. The van der Waals surface area contributed by atoms with Crippen LogP contribution in [0.2, 0.25) is 0 Å². The van der Waals surface area contributed by atoms with E-state index in [9.17, 15) is 0 Å². The maximum atomic E-state index is 2.33. The lowest BCUT2D eigenvalue weighted by Gasteiger charge is -2.23. The molecule has 0 saturated heterocycles. The van der Waals surface area contributed by atoms with Crippen LogP contribution in [0, 0.1) is 41.5 Å². The van der Waals surface area contributed by atoms with Crippen molar-refractivity contribution in [1.82, 2.24) is 0 Å². The minimum absolute atomic E-state index is 0.150. The van der Waals surface area contributed by atoms with Crippen molar-refractivity contribution in [3.05, 3.63) is 394 Å². The molecule has 0 atom stereocenters. The van der Waals surface area contributed by atoms with E-state index < -0.39 is 0 Å². The molecule has 0 amide bonds. The predicted octanol–water partition coefficient (Wildman–Crippen LogP) is 27.3. The van der Waals surface area contributed by atoms with E-state index in [1.165, 1.54) is 166 Å². The standard InChI is InChI=1S/3C17H14.3C16H16/c1-13-7-5-12-17-15(13)10-6-11-16(17)14-8-3-2-4-9-14;1-13-11-12-16(14-7-3-2-4-8-14)17-10-6-5-9-15(13)17;1-13-7-8-17-12-16(10-9-15(17)11-13)14-5-3-2-4-6-14;1-11-7-6-9-13-12-8-4-5-10-14(12)16(2,3)15(11)13;1-11-8-9-15-13(10-11)12-6-4-5-7-14(12)16(15,2)3;1-11-8-9-13-12-6-4-5-7-14(12)16(2,3)15(13)10-11/h3*2-12H,1H3;3*4-10H,1-3H3. The number of hydrogen-bond acceptors (Lipinski definition) is 0. The number of benzene rings is 15. The first-order valence-electron chi connectivity index (χ1n) is 35.1. The van der Waals surface area contributed by atoms with Gasteiger partial charge in [-0.25, -0.2) is 0 Å². The van der Waals surface area contributed by atoms with Crippen LogP contribution in [0.15, 0.2) is 328 Å². The molecule has 0 aromatic heterocycles. The van der Waals surface area contributed by atoms with Crippen LogP contribution in [-0.4, -0.2) is 0 Å². The molecule has 18 rings (SSSR count). The van der Waals surface area contributed by atoms with Gasteiger partial charge >= 0.3 is 0 Å². The number of rotatable bonds is 3. The van der Waals surface area contributed by atoms with Gasteiger partial charge in [-0.15, -0.1) is 0 Å². The summed E-state index contributed by atoms with van der Waals surface area (Å²) in [6.07, 6.45) is 0. The Labute approximate surface area is 589 Å². The molecule has 0 heterocycles. The van der Waals surface area contributed by atoms with Gasteiger partial charge in [0.25, 0.3) is 0 Å². The van der Waals surface area contributed by atoms with Gasteiger partial charge in [-0.2, -0.15) is 0 Å². The van der Waals surface area contributed by atoms with Gasteiger partial charge in [-0.1, -0.05) is 380 Å². The first kappa shape index (κ1) is 66.7. The second-order valence-corrected chi connectivity index (χ2v) is 28.7. The predicted molar refractivity (Wildman–Crippen MR) is 429 cm³/mol. The summed E-state index contributed by atoms with van der Waals surface area (Å²) in [6.45, 7) is 26.9. The highest BCUT2D eigenvalue weighted by Gasteiger charge is 2.37. The first-order chi connectivity index (χ1) is 47.9. The van der Waals surface area contributed by atoms with Gasteiger partial charge < -0.3 is 0 Å². The molecule has 0 heteroatoms. The topological polar surface area (TPSA) is 0 Å². The van der Waals surface area contributed by atoms with Gasteiger partial charge in [0.05, 0.1) is 0 Å². The van der Waals surface area contributed by atoms with Crippen molar-refractivity contribution in [3.8, 4) is 66.8 Å². The molecule has 0 spiro atoms. The molecule has 0 unspecified atom stereocenters. The molecule has 15 aromatic rings. The van der Waals surface area contributed by atoms with Crippen molar-refractivity contribution >= 4 is 32.3 Å². The molecule has 0 saturated carbocycles. The largest absolute Gasteiger partial charge is 0.0622 e. The molecule has 0 aliphatic heterocycles. The van der Waals surface area contributed by atoms with E-state index in [1.807, 2.05) is 6.07 Å². The van der Waals surface area contributed by atoms with E-state index in [0.29, 0.717) is 0 Å². The van der Waals surface area contributed by atoms with Crippen LogP contribution in [0.3, 0.4) is 0 Å². The lowest BCUT2D eigenvalue weighted by atomic mass is 9.80. The monoisotopic (exact) mass is 1280 g/mol. The zero-order valence-electron chi connectivity index (χ0n) is 59.7. The molecule has 0 nitrogen and oxygen atoms in total. The van der Waals surface area contributed by atoms with E-state index in [2.05, 4.69) is 405 Å². The second kappa shape index (κ2) is 28.3. The lowest BCUT2D eigenvalue weighted by Crippen LogP contribution is -2.16. The Morgan fingerprint density at radius 3 is 1.18 bits per heavy atom. The van der Waals surface area contributed by atoms with Gasteiger partial charge in [-0.3, -0.25) is 0 Å². The third-order valence-corrected chi connectivity index (χ3v) is 20.8. The van der Waals surface area contributed by atoms with E-state index >= 15 is 0 Å². The molecule has 0 radical (unpaired) electrons. The highest BCUT2D eigenvalue weighted by molar-refractivity contribution is 5.99. The average Bonchev–Trinajstić information content (AvgIpc) is 1.60. The van der Waals surface area contributed by atoms with E-state index in [-0.39, 0.29) is 16.2 Å². The van der Waals surface area contributed by atoms with Gasteiger partial charge in [0.2, 0.25) is 0 Å². The maximum absolute atomic E-state index is 2.33. The smallest absolute Gasteiger partial charge is 0.0161 e. The van der Waals surface area contributed by atoms with Crippen LogP contribution in [0.25, 0.3) is 99.1 Å². The highest BCUT2D eigenvalue weighted by atomic mass is 14.4. The molecule has 0 fully saturated rings. The summed E-state index contributed by atoms with van der Waals surface area (Å²) in [6, 6.07) is 117. The van der Waals surface area contributed by atoms with Crippen LogP contribution in [0.5, 0.6) is 0 Å². The van der Waals surface area contributed by atoms with Crippen molar-refractivity contribution in [2.75, 3.05) is 0 Å². The molecule has 99 heavy (non-hydrogen) atoms. The fourth-order valence-electron chi connectivity index (χ4n) is 15.6. The van der Waals surface area contributed by atoms with Crippen molar-refractivity contribution in [2.24, 2.45) is 0 Å². The van der Waals surface area contributed by atoms with Crippen LogP contribution < -0.4 is 0 Å². The Balaban J connectivity index is 0.000000107. The average molecular weight is 1280 g/mol. The summed E-state index contributed by atoms with van der Waals surface area (Å²) in [5, 5.41) is 7.96. The summed E-state index contributed by atoms with van der Waals surface area (Å²) < 4.78 is 0. The molecule has 486 valence electrons. The quantitative estimate of drug-likeness (QED) is 0.165. The first-order valence-corrected chi connectivity index (χ1v) is 35.1. The van der Waals surface area contributed by atoms with Crippen LogP contribution >= 0.6 is 0 Å². The molecule has 3 aliphatic carbocycles. The fourth-order valence-corrected chi connectivity index (χ4v) is 15.6. The Morgan fingerprint density at radius 2 is 0.545 bits per heavy atom. The van der Waals surface area contributed by atoms with E-state index in [1.54, 1.807) is 0 Å². The lowest BCUT2D eigenvalue weighted by molar-refractivity contribution is 0.655. The maximum Gasteiger partial charge on any atom is 0.0161 e. The summed E-state index contributed by atoms with van der Waals surface area (Å²) in [5.41, 5.74) is 33.5. The molecular formula is C99H90. The van der Waals surface area contributed by atoms with Gasteiger partial charge in [0.15, 0.2) is 0 Å². The fraction of sp³-hybridized carbons (Fsp3) is 0.152. The summed E-state index contributed by atoms with van der Waals surface area (Å²) >= 11 is 0. The van der Waals surface area contributed by atoms with Gasteiger partial charge in [0, 0.05) is 16.2 Å². The van der Waals surface area contributed by atoms with Crippen LogP contribution in [-0.2, 0) is 16.2 Å². The third-order valence-electron chi connectivity index (χ3n) is 20.8. The van der Waals surface area contributed by atoms with E-state index in [0.717, 1.165) is 0 Å².